The molecule has 5 fully saturated rings. The topological polar surface area (TPSA) is 37.4 Å². The van der Waals surface area contributed by atoms with Gasteiger partial charge < -0.3 is 0 Å². The smallest absolute Gasteiger partial charge is 0.237 e. The van der Waals surface area contributed by atoms with Crippen molar-refractivity contribution in [3.63, 3.8) is 0 Å². The van der Waals surface area contributed by atoms with Crippen molar-refractivity contribution in [2.75, 3.05) is 4.90 Å². The Morgan fingerprint density at radius 2 is 1.38 bits per heavy atom. The van der Waals surface area contributed by atoms with Crippen molar-refractivity contribution in [1.29, 1.82) is 0 Å². The molecule has 1 aliphatic heterocycles. The van der Waals surface area contributed by atoms with Crippen LogP contribution in [-0.4, -0.2) is 11.8 Å². The van der Waals surface area contributed by atoms with Crippen molar-refractivity contribution in [3.8, 4) is 0 Å². The predicted molar refractivity (Wildman–Crippen MR) is 91.2 cm³/mol. The third-order valence-corrected chi connectivity index (χ3v) is 7.14. The molecule has 7 rings (SSSR count). The number of hydrogen-bond acceptors (Lipinski definition) is 2. The zero-order chi connectivity index (χ0) is 16.0. The van der Waals surface area contributed by atoms with E-state index in [-0.39, 0.29) is 23.7 Å². The second kappa shape index (κ2) is 4.27. The van der Waals surface area contributed by atoms with E-state index in [9.17, 15) is 9.59 Å². The number of rotatable bonds is 1. The molecule has 120 valence electrons. The molecule has 1 saturated heterocycles. The number of carbonyl (C=O) groups excluding carboxylic acids is 2. The lowest BCUT2D eigenvalue weighted by atomic mass is 9.59. The average Bonchev–Trinajstić information content (AvgIpc) is 3.39. The molecular weight excluding hydrogens is 298 g/mol. The molecule has 0 N–H and O–H groups in total. The normalized spacial score (nSPS) is 39.2. The van der Waals surface area contributed by atoms with Crippen LogP contribution >= 0.6 is 0 Å². The van der Waals surface area contributed by atoms with E-state index in [1.807, 2.05) is 36.4 Å². The highest BCUT2D eigenvalue weighted by molar-refractivity contribution is 6.23. The zero-order valence-electron chi connectivity index (χ0n) is 13.4. The number of hydrogen-bond donors (Lipinski definition) is 0. The Morgan fingerprint density at radius 1 is 0.750 bits per heavy atom. The number of fused-ring (bicyclic) bond motifs is 2. The van der Waals surface area contributed by atoms with Gasteiger partial charge in [-0.2, -0.15) is 0 Å². The van der Waals surface area contributed by atoms with Gasteiger partial charge in [-0.1, -0.05) is 30.3 Å². The van der Waals surface area contributed by atoms with Crippen LogP contribution in [0, 0.1) is 35.5 Å². The van der Waals surface area contributed by atoms with Gasteiger partial charge in [0.25, 0.3) is 0 Å². The van der Waals surface area contributed by atoms with E-state index in [1.165, 1.54) is 11.3 Å². The Hall–Kier alpha value is -2.16. The Kier molecular flexibility index (Phi) is 2.34. The lowest BCUT2D eigenvalue weighted by Crippen LogP contribution is -2.43. The van der Waals surface area contributed by atoms with Gasteiger partial charge in [0.15, 0.2) is 0 Å². The largest absolute Gasteiger partial charge is 0.274 e. The van der Waals surface area contributed by atoms with E-state index in [0.29, 0.717) is 11.8 Å². The highest BCUT2D eigenvalue weighted by atomic mass is 16.2. The monoisotopic (exact) mass is 317 g/mol. The maximum absolute atomic E-state index is 13.1. The third-order valence-electron chi connectivity index (χ3n) is 7.14. The number of amides is 2. The lowest BCUT2D eigenvalue weighted by molar-refractivity contribution is -0.129. The first-order valence-corrected chi connectivity index (χ1v) is 9.10. The van der Waals surface area contributed by atoms with Crippen LogP contribution in [0.25, 0.3) is 10.8 Å². The van der Waals surface area contributed by atoms with Gasteiger partial charge in [-0.3, -0.25) is 14.5 Å². The summed E-state index contributed by atoms with van der Waals surface area (Å²) in [6.45, 7) is 0. The number of nitrogens with zero attached hydrogens (tertiary/aromatic N) is 1. The van der Waals surface area contributed by atoms with Crippen molar-refractivity contribution in [1.82, 2.24) is 0 Å². The van der Waals surface area contributed by atoms with Gasteiger partial charge in [0.2, 0.25) is 11.8 Å². The highest BCUT2D eigenvalue weighted by Crippen LogP contribution is 2.68. The van der Waals surface area contributed by atoms with Gasteiger partial charge >= 0.3 is 0 Å². The van der Waals surface area contributed by atoms with Crippen LogP contribution in [0.5, 0.6) is 0 Å². The molecular formula is C21H19NO2. The molecule has 6 unspecified atom stereocenters. The molecule has 3 nitrogen and oxygen atoms in total. The van der Waals surface area contributed by atoms with E-state index >= 15 is 0 Å². The van der Waals surface area contributed by atoms with Crippen molar-refractivity contribution >= 4 is 28.3 Å². The van der Waals surface area contributed by atoms with Gasteiger partial charge in [0, 0.05) is 0 Å². The molecule has 0 radical (unpaired) electrons. The first kappa shape index (κ1) is 13.2. The summed E-state index contributed by atoms with van der Waals surface area (Å²) in [5, 5.41) is 2.22. The molecule has 2 amide bonds. The van der Waals surface area contributed by atoms with Gasteiger partial charge in [-0.15, -0.1) is 0 Å². The molecule has 6 atom stereocenters. The summed E-state index contributed by atoms with van der Waals surface area (Å²) in [6.07, 6.45) is 3.56. The first-order chi connectivity index (χ1) is 11.7. The van der Waals surface area contributed by atoms with Crippen LogP contribution in [0.4, 0.5) is 5.69 Å². The maximum atomic E-state index is 13.1. The molecule has 2 aromatic carbocycles. The van der Waals surface area contributed by atoms with Crippen LogP contribution in [0.2, 0.25) is 0 Å². The van der Waals surface area contributed by atoms with E-state index in [2.05, 4.69) is 6.07 Å². The second-order valence-corrected chi connectivity index (χ2v) is 8.06. The number of anilines is 1. The Balaban J connectivity index is 1.45. The summed E-state index contributed by atoms with van der Waals surface area (Å²) in [6, 6.07) is 14.0. The summed E-state index contributed by atoms with van der Waals surface area (Å²) >= 11 is 0. The molecule has 5 aliphatic rings. The fraction of sp³-hybridized carbons (Fsp3) is 0.429. The minimum Gasteiger partial charge on any atom is -0.274 e. The standard InChI is InChI=1S/C21H19NO2/c23-20-18-14-7-8-15(17-10-16(14)17)19(18)21(24)22(20)13-6-5-11-3-1-2-4-12(11)9-13/h1-6,9,14-19H,7-8,10H2. The highest BCUT2D eigenvalue weighted by Gasteiger charge is 2.68. The Labute approximate surface area is 140 Å². The third kappa shape index (κ3) is 1.49. The van der Waals surface area contributed by atoms with Gasteiger partial charge in [-0.25, -0.2) is 0 Å². The SMILES string of the molecule is O=C1C2C3CCC(C4CC43)C2C(=O)N1c1ccc2ccccc2c1. The fourth-order valence-electron chi connectivity index (χ4n) is 6.11. The molecule has 4 aliphatic carbocycles. The van der Waals surface area contributed by atoms with E-state index < -0.39 is 0 Å². The Morgan fingerprint density at radius 3 is 2.04 bits per heavy atom. The molecule has 4 saturated carbocycles. The van der Waals surface area contributed by atoms with Gasteiger partial charge in [-0.05, 0) is 65.8 Å². The fourth-order valence-corrected chi connectivity index (χ4v) is 6.11. The van der Waals surface area contributed by atoms with Crippen molar-refractivity contribution in [2.45, 2.75) is 19.3 Å². The van der Waals surface area contributed by atoms with Crippen LogP contribution in [0.3, 0.4) is 0 Å². The van der Waals surface area contributed by atoms with E-state index in [4.69, 9.17) is 0 Å². The van der Waals surface area contributed by atoms with Crippen molar-refractivity contribution < 1.29 is 9.59 Å². The van der Waals surface area contributed by atoms with Crippen LogP contribution in [0.15, 0.2) is 42.5 Å². The second-order valence-electron chi connectivity index (χ2n) is 8.06. The average molecular weight is 317 g/mol. The minimum atomic E-state index is -0.0357. The summed E-state index contributed by atoms with van der Waals surface area (Å²) in [7, 11) is 0. The molecule has 3 heteroatoms. The molecule has 2 bridgehead atoms. The summed E-state index contributed by atoms with van der Waals surface area (Å²) in [5.41, 5.74) is 0.756. The quantitative estimate of drug-likeness (QED) is 0.753. The molecule has 1 heterocycles. The summed E-state index contributed by atoms with van der Waals surface area (Å²) < 4.78 is 0. The molecule has 24 heavy (non-hydrogen) atoms. The van der Waals surface area contributed by atoms with Gasteiger partial charge in [0.05, 0.1) is 17.5 Å². The summed E-state index contributed by atoms with van der Waals surface area (Å²) in [5.74, 6) is 2.47. The Bertz CT molecular complexity index is 870. The van der Waals surface area contributed by atoms with Crippen molar-refractivity contribution in [2.24, 2.45) is 35.5 Å². The number of imide groups is 1. The molecule has 0 spiro atoms. The lowest BCUT2D eigenvalue weighted by Gasteiger charge is -2.42. The molecule has 2 aromatic rings. The first-order valence-electron chi connectivity index (χ1n) is 9.10. The van der Waals surface area contributed by atoms with Crippen molar-refractivity contribution in [3.05, 3.63) is 42.5 Å². The van der Waals surface area contributed by atoms with Crippen LogP contribution in [-0.2, 0) is 9.59 Å². The number of benzene rings is 2. The number of carbonyl (C=O) groups is 2. The zero-order valence-corrected chi connectivity index (χ0v) is 13.4. The van der Waals surface area contributed by atoms with Crippen LogP contribution in [0.1, 0.15) is 19.3 Å². The van der Waals surface area contributed by atoms with E-state index in [0.717, 1.165) is 41.1 Å². The van der Waals surface area contributed by atoms with Crippen LogP contribution < -0.4 is 4.90 Å². The summed E-state index contributed by atoms with van der Waals surface area (Å²) in [4.78, 5) is 27.8. The van der Waals surface area contributed by atoms with E-state index in [1.54, 1.807) is 0 Å². The maximum Gasteiger partial charge on any atom is 0.237 e. The molecule has 0 aromatic heterocycles. The minimum absolute atomic E-state index is 0.0357. The van der Waals surface area contributed by atoms with Gasteiger partial charge in [0.1, 0.15) is 0 Å². The predicted octanol–water partition coefficient (Wildman–Crippen LogP) is 3.62.